The van der Waals surface area contributed by atoms with E-state index < -0.39 is 0 Å². The SMILES string of the molecule is Cl.Cl.O=C(CC1CSCCN1)Nc1ccc(NCC2CCCO2)c(F)c1. The Kier molecular flexibility index (Phi) is 10.6. The van der Waals surface area contributed by atoms with Crippen molar-refractivity contribution in [1.29, 1.82) is 0 Å². The van der Waals surface area contributed by atoms with E-state index in [2.05, 4.69) is 16.0 Å². The first-order valence-electron chi connectivity index (χ1n) is 8.47. The lowest BCUT2D eigenvalue weighted by Crippen LogP contribution is -2.39. The zero-order valence-corrected chi connectivity index (χ0v) is 16.9. The van der Waals surface area contributed by atoms with Crippen molar-refractivity contribution in [1.82, 2.24) is 5.32 Å². The van der Waals surface area contributed by atoms with Crippen molar-refractivity contribution in [2.45, 2.75) is 31.4 Å². The molecule has 0 saturated carbocycles. The molecule has 9 heteroatoms. The molecule has 3 N–H and O–H groups in total. The highest BCUT2D eigenvalue weighted by atomic mass is 35.5. The van der Waals surface area contributed by atoms with Gasteiger partial charge in [-0.25, -0.2) is 4.39 Å². The van der Waals surface area contributed by atoms with Crippen LogP contribution in [0.4, 0.5) is 15.8 Å². The highest BCUT2D eigenvalue weighted by molar-refractivity contribution is 7.99. The maximum atomic E-state index is 14.2. The summed E-state index contributed by atoms with van der Waals surface area (Å²) in [6.07, 6.45) is 2.64. The molecule has 1 aromatic rings. The Hall–Kier alpha value is -0.730. The van der Waals surface area contributed by atoms with Crippen molar-refractivity contribution in [3.63, 3.8) is 0 Å². The Labute approximate surface area is 170 Å². The first kappa shape index (κ1) is 23.3. The van der Waals surface area contributed by atoms with Gasteiger partial charge in [-0.2, -0.15) is 11.8 Å². The standard InChI is InChI=1S/C17H24FN3O2S.2ClH/c18-15-8-12(21-17(22)9-13-11-24-7-5-19-13)3-4-16(15)20-10-14-2-1-6-23-14;;/h3-4,8,13-14,19-20H,1-2,5-7,9-11H2,(H,21,22);2*1H. The van der Waals surface area contributed by atoms with Crippen molar-refractivity contribution in [3.05, 3.63) is 24.0 Å². The van der Waals surface area contributed by atoms with E-state index in [4.69, 9.17) is 4.74 Å². The Balaban J connectivity index is 0.00000169. The summed E-state index contributed by atoms with van der Waals surface area (Å²) in [5.74, 6) is 1.57. The van der Waals surface area contributed by atoms with Crippen molar-refractivity contribution in [3.8, 4) is 0 Å². The lowest BCUT2D eigenvalue weighted by atomic mass is 10.2. The predicted octanol–water partition coefficient (Wildman–Crippen LogP) is 3.29. The molecule has 1 aromatic carbocycles. The molecule has 2 unspecified atom stereocenters. The van der Waals surface area contributed by atoms with Crippen molar-refractivity contribution < 1.29 is 13.9 Å². The molecule has 148 valence electrons. The fourth-order valence-electron chi connectivity index (χ4n) is 2.95. The van der Waals surface area contributed by atoms with E-state index in [1.807, 2.05) is 11.8 Å². The molecule has 26 heavy (non-hydrogen) atoms. The van der Waals surface area contributed by atoms with Crippen LogP contribution in [0, 0.1) is 5.82 Å². The Bertz CT molecular complexity index is 571. The normalized spacial score (nSPS) is 22.0. The monoisotopic (exact) mass is 425 g/mol. The summed E-state index contributed by atoms with van der Waals surface area (Å²) in [6.45, 7) is 2.32. The molecule has 5 nitrogen and oxygen atoms in total. The van der Waals surface area contributed by atoms with Crippen molar-refractivity contribution in [2.75, 3.05) is 41.8 Å². The third-order valence-corrected chi connectivity index (χ3v) is 5.36. The van der Waals surface area contributed by atoms with E-state index >= 15 is 0 Å². The quantitative estimate of drug-likeness (QED) is 0.652. The molecule has 2 fully saturated rings. The number of carbonyl (C=O) groups is 1. The molecule has 0 aromatic heterocycles. The molecule has 0 bridgehead atoms. The zero-order valence-electron chi connectivity index (χ0n) is 14.5. The molecule has 0 aliphatic carbocycles. The van der Waals surface area contributed by atoms with Gasteiger partial charge in [0.05, 0.1) is 11.8 Å². The number of halogens is 3. The number of thioether (sulfide) groups is 1. The Morgan fingerprint density at radius 2 is 2.23 bits per heavy atom. The van der Waals surface area contributed by atoms with Gasteiger partial charge in [-0.1, -0.05) is 0 Å². The average molecular weight is 426 g/mol. The first-order chi connectivity index (χ1) is 11.7. The molecule has 2 aliphatic rings. The van der Waals surface area contributed by atoms with Gasteiger partial charge in [0.2, 0.25) is 5.91 Å². The second kappa shape index (κ2) is 11.9. The predicted molar refractivity (Wildman–Crippen MR) is 111 cm³/mol. The smallest absolute Gasteiger partial charge is 0.225 e. The third kappa shape index (κ3) is 7.12. The number of anilines is 2. The molecular formula is C17H26Cl2FN3O2S. The second-order valence-corrected chi connectivity index (χ2v) is 7.34. The van der Waals surface area contributed by atoms with Crippen LogP contribution in [-0.2, 0) is 9.53 Å². The van der Waals surface area contributed by atoms with E-state index in [-0.39, 0.29) is 48.7 Å². The van der Waals surface area contributed by atoms with Gasteiger partial charge in [0.1, 0.15) is 5.82 Å². The minimum Gasteiger partial charge on any atom is -0.380 e. The average Bonchev–Trinajstić information content (AvgIpc) is 3.08. The summed E-state index contributed by atoms with van der Waals surface area (Å²) >= 11 is 1.85. The van der Waals surface area contributed by atoms with Crippen LogP contribution in [0.15, 0.2) is 18.2 Å². The lowest BCUT2D eigenvalue weighted by molar-refractivity contribution is -0.116. The number of ether oxygens (including phenoxy) is 1. The number of carbonyl (C=O) groups excluding carboxylic acids is 1. The number of hydrogen-bond donors (Lipinski definition) is 3. The molecule has 0 spiro atoms. The van der Waals surface area contributed by atoms with E-state index in [0.717, 1.165) is 37.5 Å². The van der Waals surface area contributed by atoms with Gasteiger partial charge in [0, 0.05) is 49.4 Å². The van der Waals surface area contributed by atoms with Gasteiger partial charge in [-0.3, -0.25) is 4.79 Å². The summed E-state index contributed by atoms with van der Waals surface area (Å²) in [4.78, 5) is 12.1. The summed E-state index contributed by atoms with van der Waals surface area (Å²) in [5.41, 5.74) is 0.928. The minimum absolute atomic E-state index is 0. The fourth-order valence-corrected chi connectivity index (χ4v) is 3.90. The fraction of sp³-hybridized carbons (Fsp3) is 0.588. The van der Waals surface area contributed by atoms with Crippen LogP contribution < -0.4 is 16.0 Å². The highest BCUT2D eigenvalue weighted by Gasteiger charge is 2.18. The van der Waals surface area contributed by atoms with Crippen LogP contribution in [0.1, 0.15) is 19.3 Å². The maximum Gasteiger partial charge on any atom is 0.225 e. The van der Waals surface area contributed by atoms with Gasteiger partial charge in [-0.15, -0.1) is 24.8 Å². The zero-order chi connectivity index (χ0) is 16.8. The first-order valence-corrected chi connectivity index (χ1v) is 9.62. The largest absolute Gasteiger partial charge is 0.380 e. The van der Waals surface area contributed by atoms with Crippen LogP contribution in [-0.4, -0.2) is 49.3 Å². The Morgan fingerprint density at radius 1 is 1.38 bits per heavy atom. The number of hydrogen-bond acceptors (Lipinski definition) is 5. The van der Waals surface area contributed by atoms with Crippen molar-refractivity contribution >= 4 is 53.9 Å². The molecule has 2 atom stereocenters. The van der Waals surface area contributed by atoms with E-state index in [9.17, 15) is 9.18 Å². The van der Waals surface area contributed by atoms with Crippen LogP contribution in [0.25, 0.3) is 0 Å². The molecule has 2 saturated heterocycles. The van der Waals surface area contributed by atoms with Crippen molar-refractivity contribution in [2.24, 2.45) is 0 Å². The van der Waals surface area contributed by atoms with Gasteiger partial charge in [-0.05, 0) is 31.0 Å². The van der Waals surface area contributed by atoms with Gasteiger partial charge in [0.25, 0.3) is 0 Å². The molecule has 2 aliphatic heterocycles. The molecule has 1 amide bonds. The van der Waals surface area contributed by atoms with Crippen LogP contribution in [0.2, 0.25) is 0 Å². The summed E-state index contributed by atoms with van der Waals surface area (Å²) in [7, 11) is 0. The molecule has 3 rings (SSSR count). The lowest BCUT2D eigenvalue weighted by Gasteiger charge is -2.22. The minimum atomic E-state index is -0.364. The topological polar surface area (TPSA) is 62.4 Å². The highest BCUT2D eigenvalue weighted by Crippen LogP contribution is 2.21. The van der Waals surface area contributed by atoms with Crippen LogP contribution >= 0.6 is 36.6 Å². The van der Waals surface area contributed by atoms with Gasteiger partial charge in [0.15, 0.2) is 0 Å². The maximum absolute atomic E-state index is 14.2. The number of nitrogens with one attached hydrogen (secondary N) is 3. The second-order valence-electron chi connectivity index (χ2n) is 6.19. The number of amides is 1. The van der Waals surface area contributed by atoms with Crippen LogP contribution in [0.3, 0.4) is 0 Å². The molecule has 2 heterocycles. The number of rotatable bonds is 6. The van der Waals surface area contributed by atoms with Gasteiger partial charge >= 0.3 is 0 Å². The van der Waals surface area contributed by atoms with Gasteiger partial charge < -0.3 is 20.7 Å². The number of benzene rings is 1. The Morgan fingerprint density at radius 3 is 2.88 bits per heavy atom. The van der Waals surface area contributed by atoms with E-state index in [1.54, 1.807) is 12.1 Å². The summed E-state index contributed by atoms with van der Waals surface area (Å²) in [5, 5.41) is 9.17. The summed E-state index contributed by atoms with van der Waals surface area (Å²) < 4.78 is 19.7. The van der Waals surface area contributed by atoms with E-state index in [0.29, 0.717) is 24.3 Å². The van der Waals surface area contributed by atoms with Crippen LogP contribution in [0.5, 0.6) is 0 Å². The van der Waals surface area contributed by atoms with E-state index in [1.165, 1.54) is 6.07 Å². The molecule has 0 radical (unpaired) electrons. The summed E-state index contributed by atoms with van der Waals surface area (Å²) in [6, 6.07) is 4.94. The molecular weight excluding hydrogens is 400 g/mol. The third-order valence-electron chi connectivity index (χ3n) is 4.23.